The summed E-state index contributed by atoms with van der Waals surface area (Å²) in [6, 6.07) is 11.3. The topological polar surface area (TPSA) is 108 Å². The van der Waals surface area contributed by atoms with Crippen molar-refractivity contribution in [3.63, 3.8) is 0 Å². The fourth-order valence-corrected chi connectivity index (χ4v) is 5.96. The number of hydrogen-bond donors (Lipinski definition) is 3. The fraction of sp³-hybridized carbons (Fsp3) is 0.423. The molecule has 4 rings (SSSR count). The summed E-state index contributed by atoms with van der Waals surface area (Å²) in [5.74, 6) is 1.15. The minimum atomic E-state index is -0.897. The Morgan fingerprint density at radius 1 is 1.28 bits per heavy atom. The maximum Gasteiger partial charge on any atom is 0.249 e. The number of rotatable bonds is 10. The maximum atomic E-state index is 12.8. The molecule has 1 atom stereocenters. The van der Waals surface area contributed by atoms with Gasteiger partial charge in [0.15, 0.2) is 0 Å². The second kappa shape index (κ2) is 12.2. The summed E-state index contributed by atoms with van der Waals surface area (Å²) in [4.78, 5) is 23.8. The molecular formula is C26H31ClN4O4S. The standard InChI is InChI=1S/C26H31ClN4O4S/c1-35-18-5-6-21-19(16-18)24(20(27)17-29-21)22(32)7-8-26(25(33)30-34)9-12-31(13-10-26)14-15-36-23-4-2-3-11-28-23/h2-6,11,16-17,22,32,34H,7-10,12-15H2,1H3,(H,30,33)/t22-/m1/s1. The van der Waals surface area contributed by atoms with Gasteiger partial charge >= 0.3 is 0 Å². The normalized spacial score (nSPS) is 16.6. The lowest BCUT2D eigenvalue weighted by Gasteiger charge is -2.40. The number of ether oxygens (including phenoxy) is 1. The fourth-order valence-electron chi connectivity index (χ4n) is 4.82. The van der Waals surface area contributed by atoms with E-state index in [1.54, 1.807) is 25.1 Å². The summed E-state index contributed by atoms with van der Waals surface area (Å²) >= 11 is 8.17. The number of methoxy groups -OCH3 is 1. The first-order valence-electron chi connectivity index (χ1n) is 12.0. The van der Waals surface area contributed by atoms with Crippen LogP contribution in [0.5, 0.6) is 5.75 Å². The van der Waals surface area contributed by atoms with Crippen LogP contribution in [-0.4, -0.2) is 63.6 Å². The van der Waals surface area contributed by atoms with Crippen LogP contribution in [0.2, 0.25) is 5.02 Å². The van der Waals surface area contributed by atoms with E-state index in [-0.39, 0.29) is 0 Å². The van der Waals surface area contributed by atoms with Gasteiger partial charge in [-0.15, -0.1) is 11.8 Å². The van der Waals surface area contributed by atoms with Crippen LogP contribution in [0, 0.1) is 5.41 Å². The molecule has 0 radical (unpaired) electrons. The minimum Gasteiger partial charge on any atom is -0.497 e. The molecule has 3 heterocycles. The predicted molar refractivity (Wildman–Crippen MR) is 140 cm³/mol. The number of carbonyl (C=O) groups excluding carboxylic acids is 1. The maximum absolute atomic E-state index is 12.8. The highest BCUT2D eigenvalue weighted by Gasteiger charge is 2.41. The first kappa shape index (κ1) is 26.6. The third-order valence-electron chi connectivity index (χ3n) is 6.99. The molecule has 2 aromatic heterocycles. The molecule has 1 amide bonds. The van der Waals surface area contributed by atoms with E-state index in [1.807, 2.05) is 41.9 Å². The second-order valence-corrected chi connectivity index (χ2v) is 10.6. The Morgan fingerprint density at radius 2 is 2.08 bits per heavy atom. The highest BCUT2D eigenvalue weighted by Crippen LogP contribution is 2.41. The number of aliphatic hydroxyl groups excluding tert-OH is 1. The van der Waals surface area contributed by atoms with Gasteiger partial charge in [0.25, 0.3) is 0 Å². The van der Waals surface area contributed by atoms with Crippen LogP contribution in [0.1, 0.15) is 37.4 Å². The number of likely N-dealkylation sites (tertiary alicyclic amines) is 1. The summed E-state index contributed by atoms with van der Waals surface area (Å²) < 4.78 is 5.33. The van der Waals surface area contributed by atoms with Gasteiger partial charge in [-0.25, -0.2) is 10.5 Å². The van der Waals surface area contributed by atoms with E-state index in [9.17, 15) is 15.1 Å². The van der Waals surface area contributed by atoms with Gasteiger partial charge < -0.3 is 14.7 Å². The van der Waals surface area contributed by atoms with E-state index < -0.39 is 17.4 Å². The van der Waals surface area contributed by atoms with Crippen LogP contribution >= 0.6 is 23.4 Å². The van der Waals surface area contributed by atoms with Gasteiger partial charge in [0.1, 0.15) is 5.75 Å². The van der Waals surface area contributed by atoms with Crippen LogP contribution in [-0.2, 0) is 4.79 Å². The molecule has 0 spiro atoms. The van der Waals surface area contributed by atoms with E-state index in [1.165, 1.54) is 6.20 Å². The number of nitrogens with zero attached hydrogens (tertiary/aromatic N) is 3. The van der Waals surface area contributed by atoms with E-state index in [0.717, 1.165) is 35.8 Å². The monoisotopic (exact) mass is 530 g/mol. The molecule has 3 aromatic rings. The molecule has 1 saturated heterocycles. The van der Waals surface area contributed by atoms with Crippen molar-refractivity contribution < 1.29 is 19.8 Å². The van der Waals surface area contributed by atoms with Crippen LogP contribution in [0.15, 0.2) is 53.8 Å². The molecule has 1 aliphatic rings. The number of hydroxylamine groups is 1. The molecule has 8 nitrogen and oxygen atoms in total. The number of carbonyl (C=O) groups is 1. The lowest BCUT2D eigenvalue weighted by Crippen LogP contribution is -2.48. The first-order valence-corrected chi connectivity index (χ1v) is 13.3. The Balaban J connectivity index is 1.40. The molecule has 1 aliphatic heterocycles. The molecule has 10 heteroatoms. The number of thioether (sulfide) groups is 1. The third kappa shape index (κ3) is 6.10. The molecule has 0 saturated carbocycles. The number of piperidine rings is 1. The van der Waals surface area contributed by atoms with Gasteiger partial charge in [-0.3, -0.25) is 15.0 Å². The third-order valence-corrected chi connectivity index (χ3v) is 8.21. The van der Waals surface area contributed by atoms with E-state index in [2.05, 4.69) is 14.9 Å². The van der Waals surface area contributed by atoms with E-state index in [4.69, 9.17) is 16.3 Å². The molecule has 1 aromatic carbocycles. The van der Waals surface area contributed by atoms with Crippen molar-refractivity contribution in [3.8, 4) is 5.75 Å². The van der Waals surface area contributed by atoms with E-state index >= 15 is 0 Å². The Labute approximate surface area is 220 Å². The Hall–Kier alpha value is -2.43. The average Bonchev–Trinajstić information content (AvgIpc) is 2.92. The lowest BCUT2D eigenvalue weighted by atomic mass is 9.73. The molecule has 3 N–H and O–H groups in total. The zero-order chi connectivity index (χ0) is 25.5. The van der Waals surface area contributed by atoms with Crippen molar-refractivity contribution in [2.75, 3.05) is 32.5 Å². The molecular weight excluding hydrogens is 500 g/mol. The van der Waals surface area contributed by atoms with Crippen molar-refractivity contribution in [1.82, 2.24) is 20.3 Å². The SMILES string of the molecule is COc1ccc2ncc(Cl)c([C@H](O)CCC3(C(=O)NO)CCN(CCSc4ccccn4)CC3)c2c1. The number of amides is 1. The molecule has 0 bridgehead atoms. The Bertz CT molecular complexity index is 1180. The summed E-state index contributed by atoms with van der Waals surface area (Å²) in [6.45, 7) is 2.37. The van der Waals surface area contributed by atoms with Crippen LogP contribution < -0.4 is 10.2 Å². The van der Waals surface area contributed by atoms with Crippen LogP contribution in [0.4, 0.5) is 0 Å². The van der Waals surface area contributed by atoms with Crippen molar-refractivity contribution in [3.05, 3.63) is 59.4 Å². The second-order valence-electron chi connectivity index (χ2n) is 9.04. The zero-order valence-electron chi connectivity index (χ0n) is 20.2. The number of fused-ring (bicyclic) bond motifs is 1. The summed E-state index contributed by atoms with van der Waals surface area (Å²) in [7, 11) is 1.58. The summed E-state index contributed by atoms with van der Waals surface area (Å²) in [6.07, 6.45) is 4.36. The highest BCUT2D eigenvalue weighted by atomic mass is 35.5. The first-order chi connectivity index (χ1) is 17.5. The quantitative estimate of drug-likeness (QED) is 0.200. The van der Waals surface area contributed by atoms with Crippen LogP contribution in [0.25, 0.3) is 10.9 Å². The number of hydrogen-bond acceptors (Lipinski definition) is 8. The van der Waals surface area contributed by atoms with Gasteiger partial charge in [-0.05, 0) is 69.1 Å². The lowest BCUT2D eigenvalue weighted by molar-refractivity contribution is -0.143. The molecule has 0 unspecified atom stereocenters. The van der Waals surface area contributed by atoms with Gasteiger partial charge in [0.05, 0.1) is 34.2 Å². The number of aliphatic hydroxyl groups is 1. The Morgan fingerprint density at radius 3 is 2.78 bits per heavy atom. The molecule has 0 aliphatic carbocycles. The minimum absolute atomic E-state index is 0.318. The molecule has 192 valence electrons. The molecule has 1 fully saturated rings. The predicted octanol–water partition coefficient (Wildman–Crippen LogP) is 4.49. The smallest absolute Gasteiger partial charge is 0.249 e. The zero-order valence-corrected chi connectivity index (χ0v) is 21.8. The largest absolute Gasteiger partial charge is 0.497 e. The summed E-state index contributed by atoms with van der Waals surface area (Å²) in [5.41, 5.74) is 2.39. The number of pyridine rings is 2. The number of aromatic nitrogens is 2. The molecule has 36 heavy (non-hydrogen) atoms. The van der Waals surface area contributed by atoms with E-state index in [0.29, 0.717) is 47.5 Å². The van der Waals surface area contributed by atoms with Gasteiger partial charge in [-0.2, -0.15) is 0 Å². The summed E-state index contributed by atoms with van der Waals surface area (Å²) in [5, 5.41) is 22.7. The number of nitrogens with one attached hydrogen (secondary N) is 1. The van der Waals surface area contributed by atoms with Crippen LogP contribution in [0.3, 0.4) is 0 Å². The van der Waals surface area contributed by atoms with Gasteiger partial charge in [0, 0.05) is 35.6 Å². The van der Waals surface area contributed by atoms with Gasteiger partial charge in [0.2, 0.25) is 5.91 Å². The number of benzene rings is 1. The highest BCUT2D eigenvalue weighted by molar-refractivity contribution is 7.99. The Kier molecular flexibility index (Phi) is 9.03. The average molecular weight is 531 g/mol. The number of halogens is 1. The van der Waals surface area contributed by atoms with Crippen molar-refractivity contribution in [1.29, 1.82) is 0 Å². The van der Waals surface area contributed by atoms with Gasteiger partial charge in [-0.1, -0.05) is 17.7 Å². The van der Waals surface area contributed by atoms with Crippen molar-refractivity contribution in [2.45, 2.75) is 36.8 Å². The van der Waals surface area contributed by atoms with Crippen molar-refractivity contribution >= 4 is 40.2 Å². The van der Waals surface area contributed by atoms with Crippen molar-refractivity contribution in [2.24, 2.45) is 5.41 Å².